The smallest absolute Gasteiger partial charge is 0.253 e. The molecule has 0 spiro atoms. The lowest BCUT2D eigenvalue weighted by molar-refractivity contribution is 0.257. The number of hydrogen-bond acceptors (Lipinski definition) is 6. The quantitative estimate of drug-likeness (QED) is 0.782. The van der Waals surface area contributed by atoms with E-state index in [4.69, 9.17) is 9.15 Å². The van der Waals surface area contributed by atoms with Gasteiger partial charge in [-0.1, -0.05) is 20.3 Å². The molecule has 1 saturated heterocycles. The number of aromatic nitrogens is 2. The fourth-order valence-corrected chi connectivity index (χ4v) is 4.18. The van der Waals surface area contributed by atoms with Crippen molar-refractivity contribution in [3.63, 3.8) is 0 Å². The normalized spacial score (nSPS) is 16.3. The van der Waals surface area contributed by atoms with Gasteiger partial charge in [-0.05, 0) is 37.1 Å². The highest BCUT2D eigenvalue weighted by atomic mass is 32.2. The molecular formula is C17H23N3O4S. The first-order valence-corrected chi connectivity index (χ1v) is 9.96. The van der Waals surface area contributed by atoms with Crippen LogP contribution in [0.15, 0.2) is 33.6 Å². The Bertz CT molecular complexity index is 794. The van der Waals surface area contributed by atoms with Crippen molar-refractivity contribution >= 4 is 10.0 Å². The van der Waals surface area contributed by atoms with Gasteiger partial charge >= 0.3 is 0 Å². The van der Waals surface area contributed by atoms with E-state index >= 15 is 0 Å². The first-order chi connectivity index (χ1) is 12.0. The van der Waals surface area contributed by atoms with E-state index in [1.165, 1.54) is 0 Å². The van der Waals surface area contributed by atoms with E-state index in [2.05, 4.69) is 10.2 Å². The Labute approximate surface area is 148 Å². The maximum Gasteiger partial charge on any atom is 0.253 e. The van der Waals surface area contributed by atoms with Crippen molar-refractivity contribution in [1.29, 1.82) is 0 Å². The molecule has 1 aromatic heterocycles. The third kappa shape index (κ3) is 4.19. The average molecular weight is 365 g/mol. The van der Waals surface area contributed by atoms with Crippen molar-refractivity contribution in [1.82, 2.24) is 14.5 Å². The van der Waals surface area contributed by atoms with Crippen LogP contribution < -0.4 is 4.74 Å². The molecule has 0 N–H and O–H groups in total. The largest absolute Gasteiger partial charge is 0.484 e. The van der Waals surface area contributed by atoms with Gasteiger partial charge in [-0.25, -0.2) is 8.42 Å². The van der Waals surface area contributed by atoms with Gasteiger partial charge in [0.25, 0.3) is 5.89 Å². The van der Waals surface area contributed by atoms with E-state index < -0.39 is 10.0 Å². The van der Waals surface area contributed by atoms with E-state index in [1.807, 2.05) is 13.8 Å². The molecule has 0 amide bonds. The molecule has 2 heterocycles. The Balaban J connectivity index is 1.63. The fourth-order valence-electron chi connectivity index (χ4n) is 2.67. The number of nitrogens with zero attached hydrogens (tertiary/aromatic N) is 3. The summed E-state index contributed by atoms with van der Waals surface area (Å²) < 4.78 is 37.8. The van der Waals surface area contributed by atoms with Gasteiger partial charge in [-0.15, -0.1) is 10.2 Å². The molecule has 3 rings (SSSR count). The molecule has 2 aromatic rings. The number of piperidine rings is 1. The van der Waals surface area contributed by atoms with Crippen LogP contribution in [0.2, 0.25) is 0 Å². The lowest BCUT2D eigenvalue weighted by Gasteiger charge is -2.25. The summed E-state index contributed by atoms with van der Waals surface area (Å²) in [7, 11) is -3.42. The molecule has 136 valence electrons. The van der Waals surface area contributed by atoms with Gasteiger partial charge in [0, 0.05) is 19.0 Å². The van der Waals surface area contributed by atoms with Crippen molar-refractivity contribution < 1.29 is 17.6 Å². The highest BCUT2D eigenvalue weighted by Crippen LogP contribution is 2.23. The van der Waals surface area contributed by atoms with Crippen LogP contribution in [0.4, 0.5) is 0 Å². The van der Waals surface area contributed by atoms with Crippen molar-refractivity contribution in [2.75, 3.05) is 13.1 Å². The molecule has 1 aliphatic heterocycles. The van der Waals surface area contributed by atoms with Crippen LogP contribution in [0.3, 0.4) is 0 Å². The van der Waals surface area contributed by atoms with Crippen LogP contribution in [0, 0.1) is 0 Å². The van der Waals surface area contributed by atoms with Crippen LogP contribution in [-0.4, -0.2) is 36.0 Å². The summed E-state index contributed by atoms with van der Waals surface area (Å²) in [5.74, 6) is 1.69. The van der Waals surface area contributed by atoms with Gasteiger partial charge in [-0.3, -0.25) is 0 Å². The van der Waals surface area contributed by atoms with Crippen LogP contribution in [0.1, 0.15) is 50.8 Å². The van der Waals surface area contributed by atoms with E-state index in [9.17, 15) is 8.42 Å². The Morgan fingerprint density at radius 2 is 1.80 bits per heavy atom. The zero-order valence-corrected chi connectivity index (χ0v) is 15.3. The topological polar surface area (TPSA) is 85.5 Å². The number of benzene rings is 1. The molecule has 7 nitrogen and oxygen atoms in total. The number of ether oxygens (including phenoxy) is 1. The van der Waals surface area contributed by atoms with Gasteiger partial charge in [0.1, 0.15) is 5.75 Å². The minimum atomic E-state index is -3.42. The van der Waals surface area contributed by atoms with E-state index in [-0.39, 0.29) is 12.5 Å². The Morgan fingerprint density at radius 1 is 1.12 bits per heavy atom. The third-order valence-corrected chi connectivity index (χ3v) is 6.03. The summed E-state index contributed by atoms with van der Waals surface area (Å²) in [6.45, 7) is 5.28. The maximum absolute atomic E-state index is 12.6. The second-order valence-electron chi connectivity index (χ2n) is 6.41. The molecule has 0 atom stereocenters. The second-order valence-corrected chi connectivity index (χ2v) is 8.35. The molecule has 0 unspecified atom stereocenters. The summed E-state index contributed by atoms with van der Waals surface area (Å²) >= 11 is 0. The standard InChI is InChI=1S/C17H23N3O4S/c1-13(2)17-19-18-16(24-17)12-23-14-6-8-15(9-7-14)25(21,22)20-10-4-3-5-11-20/h6-9,13H,3-5,10-12H2,1-2H3. The average Bonchev–Trinajstić information content (AvgIpc) is 3.10. The summed E-state index contributed by atoms with van der Waals surface area (Å²) in [5.41, 5.74) is 0. The predicted molar refractivity (Wildman–Crippen MR) is 91.8 cm³/mol. The highest BCUT2D eigenvalue weighted by Gasteiger charge is 2.25. The number of sulfonamides is 1. The molecular weight excluding hydrogens is 342 g/mol. The molecule has 8 heteroatoms. The molecule has 0 bridgehead atoms. The first-order valence-electron chi connectivity index (χ1n) is 8.52. The summed E-state index contributed by atoms with van der Waals surface area (Å²) in [6.07, 6.45) is 2.93. The molecule has 1 aromatic carbocycles. The van der Waals surface area contributed by atoms with Crippen LogP contribution in [0.25, 0.3) is 0 Å². The Kier molecular flexibility index (Phi) is 5.39. The molecule has 1 aliphatic rings. The molecule has 0 saturated carbocycles. The maximum atomic E-state index is 12.6. The SMILES string of the molecule is CC(C)c1nnc(COc2ccc(S(=O)(=O)N3CCCCC3)cc2)o1. The first kappa shape index (κ1) is 17.9. The zero-order chi connectivity index (χ0) is 17.9. The monoisotopic (exact) mass is 365 g/mol. The third-order valence-electron chi connectivity index (χ3n) is 4.12. The van der Waals surface area contributed by atoms with Crippen LogP contribution in [-0.2, 0) is 16.6 Å². The van der Waals surface area contributed by atoms with E-state index in [1.54, 1.807) is 28.6 Å². The minimum absolute atomic E-state index is 0.151. The van der Waals surface area contributed by atoms with E-state index in [0.717, 1.165) is 19.3 Å². The van der Waals surface area contributed by atoms with Crippen molar-refractivity contribution in [3.8, 4) is 5.75 Å². The lowest BCUT2D eigenvalue weighted by atomic mass is 10.2. The van der Waals surface area contributed by atoms with Gasteiger partial charge < -0.3 is 9.15 Å². The van der Waals surface area contributed by atoms with Gasteiger partial charge in [-0.2, -0.15) is 4.31 Å². The van der Waals surface area contributed by atoms with Crippen LogP contribution >= 0.6 is 0 Å². The Hall–Kier alpha value is -1.93. The van der Waals surface area contributed by atoms with Gasteiger partial charge in [0.2, 0.25) is 15.9 Å². The minimum Gasteiger partial charge on any atom is -0.484 e. The molecule has 0 radical (unpaired) electrons. The Morgan fingerprint density at radius 3 is 2.40 bits per heavy atom. The molecule has 1 fully saturated rings. The lowest BCUT2D eigenvalue weighted by Crippen LogP contribution is -2.35. The summed E-state index contributed by atoms with van der Waals surface area (Å²) in [5, 5.41) is 7.87. The van der Waals surface area contributed by atoms with Crippen LogP contribution in [0.5, 0.6) is 5.75 Å². The van der Waals surface area contributed by atoms with Crippen molar-refractivity contribution in [3.05, 3.63) is 36.0 Å². The van der Waals surface area contributed by atoms with Gasteiger partial charge in [0.05, 0.1) is 4.90 Å². The number of rotatable bonds is 6. The summed E-state index contributed by atoms with van der Waals surface area (Å²) in [6, 6.07) is 6.45. The van der Waals surface area contributed by atoms with Crippen molar-refractivity contribution in [2.24, 2.45) is 0 Å². The van der Waals surface area contributed by atoms with Crippen molar-refractivity contribution in [2.45, 2.75) is 50.5 Å². The summed E-state index contributed by atoms with van der Waals surface area (Å²) in [4.78, 5) is 0.293. The highest BCUT2D eigenvalue weighted by molar-refractivity contribution is 7.89. The zero-order valence-electron chi connectivity index (χ0n) is 14.5. The molecule has 0 aliphatic carbocycles. The molecule has 25 heavy (non-hydrogen) atoms. The predicted octanol–water partition coefficient (Wildman–Crippen LogP) is 2.95. The van der Waals surface area contributed by atoms with E-state index in [0.29, 0.717) is 35.5 Å². The fraction of sp³-hybridized carbons (Fsp3) is 0.529. The second kappa shape index (κ2) is 7.53. The van der Waals surface area contributed by atoms with Gasteiger partial charge in [0.15, 0.2) is 6.61 Å². The number of hydrogen-bond donors (Lipinski definition) is 0.